The number of hydrogen-bond acceptors (Lipinski definition) is 1. The Morgan fingerprint density at radius 2 is 1.92 bits per heavy atom. The maximum absolute atomic E-state index is 13.5. The van der Waals surface area contributed by atoms with Gasteiger partial charge in [-0.05, 0) is 25.1 Å². The molecule has 1 heterocycles. The zero-order chi connectivity index (χ0) is 9.47. The second-order valence-corrected chi connectivity index (χ2v) is 3.89. The Hall–Kier alpha value is -1.31. The highest BCUT2D eigenvalue weighted by Gasteiger charge is 2.18. The second kappa shape index (κ2) is 2.59. The van der Waals surface area contributed by atoms with Gasteiger partial charge >= 0.3 is 0 Å². The Bertz CT molecular complexity index is 445. The molecule has 1 nitrogen and oxygen atoms in total. The van der Waals surface area contributed by atoms with Crippen molar-refractivity contribution in [3.05, 3.63) is 34.7 Å². The van der Waals surface area contributed by atoms with Gasteiger partial charge in [-0.2, -0.15) is 4.39 Å². The molecule has 1 N–H and O–H groups in total. The van der Waals surface area contributed by atoms with E-state index in [4.69, 9.17) is 0 Å². The molecule has 0 aliphatic carbocycles. The van der Waals surface area contributed by atoms with Crippen LogP contribution in [0.2, 0.25) is 0 Å². The van der Waals surface area contributed by atoms with E-state index in [1.807, 2.05) is 38.1 Å². The average molecular weight is 177 g/mol. The zero-order valence-corrected chi connectivity index (χ0v) is 7.76. The van der Waals surface area contributed by atoms with Crippen LogP contribution in [0.3, 0.4) is 0 Å². The van der Waals surface area contributed by atoms with Gasteiger partial charge in [-0.1, -0.05) is 24.3 Å². The van der Waals surface area contributed by atoms with E-state index in [2.05, 4.69) is 5.32 Å². The van der Waals surface area contributed by atoms with Crippen molar-refractivity contribution in [2.75, 3.05) is 0 Å². The van der Waals surface area contributed by atoms with E-state index >= 15 is 0 Å². The summed E-state index contributed by atoms with van der Waals surface area (Å²) in [5.41, 5.74) is -0.293. The molecular formula is C11H12FN. The standard InChI is InChI=1S/C11H12FN/c1-11(2)7-8-5-3-4-6-9(8)10(12)13-11/h3-7,13H,1-2H3. The molecule has 0 bridgehead atoms. The van der Waals surface area contributed by atoms with E-state index in [1.54, 1.807) is 6.07 Å². The molecule has 1 aromatic carbocycles. The predicted octanol–water partition coefficient (Wildman–Crippen LogP) is 0.884. The Balaban J connectivity index is 2.81. The van der Waals surface area contributed by atoms with E-state index in [-0.39, 0.29) is 11.5 Å². The van der Waals surface area contributed by atoms with Crippen LogP contribution < -0.4 is 15.8 Å². The van der Waals surface area contributed by atoms with Crippen molar-refractivity contribution in [3.63, 3.8) is 0 Å². The van der Waals surface area contributed by atoms with Crippen LogP contribution >= 0.6 is 0 Å². The lowest BCUT2D eigenvalue weighted by atomic mass is 10.00. The highest BCUT2D eigenvalue weighted by molar-refractivity contribution is 5.49. The smallest absolute Gasteiger partial charge is 0.195 e. The summed E-state index contributed by atoms with van der Waals surface area (Å²) in [7, 11) is 0. The Labute approximate surface area is 76.6 Å². The first-order chi connectivity index (χ1) is 6.08. The van der Waals surface area contributed by atoms with Gasteiger partial charge < -0.3 is 5.32 Å². The Morgan fingerprint density at radius 1 is 1.23 bits per heavy atom. The van der Waals surface area contributed by atoms with Gasteiger partial charge in [0.1, 0.15) is 0 Å². The molecule has 1 aromatic rings. The van der Waals surface area contributed by atoms with Crippen molar-refractivity contribution in [2.24, 2.45) is 0 Å². The number of fused-ring (bicyclic) bond motifs is 1. The van der Waals surface area contributed by atoms with Crippen LogP contribution in [0.5, 0.6) is 0 Å². The van der Waals surface area contributed by atoms with Gasteiger partial charge in [0, 0.05) is 5.22 Å². The van der Waals surface area contributed by atoms with Crippen LogP contribution in [0.15, 0.2) is 24.3 Å². The fraction of sp³-hybridized carbons (Fsp3) is 0.273. The first-order valence-corrected chi connectivity index (χ1v) is 4.34. The summed E-state index contributed by atoms with van der Waals surface area (Å²) in [5.74, 6) is -0.233. The normalized spacial score (nSPS) is 18.5. The third-order valence-electron chi connectivity index (χ3n) is 2.15. The molecular weight excluding hydrogens is 165 g/mol. The molecule has 0 spiro atoms. The van der Waals surface area contributed by atoms with E-state index < -0.39 is 0 Å². The molecule has 1 aliphatic rings. The summed E-state index contributed by atoms with van der Waals surface area (Å²) in [6, 6.07) is 7.47. The molecule has 0 unspecified atom stereocenters. The molecule has 0 saturated carbocycles. The highest BCUT2D eigenvalue weighted by Crippen LogP contribution is 2.09. The molecule has 2 rings (SSSR count). The number of nitrogens with one attached hydrogen (secondary N) is 1. The SMILES string of the molecule is CC1(C)C=c2ccccc2=C(F)N1. The van der Waals surface area contributed by atoms with Crippen molar-refractivity contribution in [2.45, 2.75) is 19.4 Å². The van der Waals surface area contributed by atoms with Crippen LogP contribution in [0, 0.1) is 0 Å². The molecule has 0 atom stereocenters. The minimum atomic E-state index is -0.293. The molecule has 0 saturated heterocycles. The third kappa shape index (κ3) is 1.44. The quantitative estimate of drug-likeness (QED) is 0.580. The first-order valence-electron chi connectivity index (χ1n) is 4.34. The molecule has 0 aromatic heterocycles. The molecule has 13 heavy (non-hydrogen) atoms. The second-order valence-electron chi connectivity index (χ2n) is 3.89. The van der Waals surface area contributed by atoms with E-state index in [0.717, 1.165) is 5.22 Å². The number of rotatable bonds is 0. The van der Waals surface area contributed by atoms with Crippen LogP contribution in [0.4, 0.5) is 4.39 Å². The minimum absolute atomic E-state index is 0.233. The van der Waals surface area contributed by atoms with Gasteiger partial charge in [-0.3, -0.25) is 0 Å². The number of hydrogen-bond donors (Lipinski definition) is 1. The van der Waals surface area contributed by atoms with Crippen molar-refractivity contribution >= 4 is 12.0 Å². The summed E-state index contributed by atoms with van der Waals surface area (Å²) >= 11 is 0. The van der Waals surface area contributed by atoms with Gasteiger partial charge in [0.2, 0.25) is 0 Å². The lowest BCUT2D eigenvalue weighted by molar-refractivity contribution is 0.520. The monoisotopic (exact) mass is 177 g/mol. The largest absolute Gasteiger partial charge is 0.353 e. The van der Waals surface area contributed by atoms with Crippen LogP contribution in [-0.2, 0) is 0 Å². The van der Waals surface area contributed by atoms with E-state index in [0.29, 0.717) is 5.22 Å². The van der Waals surface area contributed by atoms with E-state index in [9.17, 15) is 4.39 Å². The molecule has 68 valence electrons. The molecule has 0 fully saturated rings. The average Bonchev–Trinajstić information content (AvgIpc) is 2.02. The maximum atomic E-state index is 13.5. The summed E-state index contributed by atoms with van der Waals surface area (Å²) in [6.45, 7) is 3.89. The van der Waals surface area contributed by atoms with Crippen molar-refractivity contribution in [1.82, 2.24) is 5.32 Å². The topological polar surface area (TPSA) is 12.0 Å². The van der Waals surface area contributed by atoms with Crippen molar-refractivity contribution in [1.29, 1.82) is 0 Å². The van der Waals surface area contributed by atoms with Gasteiger partial charge in [0.15, 0.2) is 5.95 Å². The maximum Gasteiger partial charge on any atom is 0.195 e. The van der Waals surface area contributed by atoms with Crippen LogP contribution in [0.1, 0.15) is 13.8 Å². The molecule has 0 amide bonds. The fourth-order valence-electron chi connectivity index (χ4n) is 1.60. The summed E-state index contributed by atoms with van der Waals surface area (Å²) in [5, 5.41) is 4.42. The van der Waals surface area contributed by atoms with Crippen LogP contribution in [0.25, 0.3) is 12.0 Å². The number of halogens is 1. The molecule has 0 radical (unpaired) electrons. The Kier molecular flexibility index (Phi) is 1.65. The zero-order valence-electron chi connectivity index (χ0n) is 7.76. The number of benzene rings is 1. The van der Waals surface area contributed by atoms with Gasteiger partial charge in [-0.15, -0.1) is 0 Å². The van der Waals surface area contributed by atoms with Gasteiger partial charge in [0.25, 0.3) is 0 Å². The third-order valence-corrected chi connectivity index (χ3v) is 2.15. The predicted molar refractivity (Wildman–Crippen MR) is 51.9 cm³/mol. The summed E-state index contributed by atoms with van der Waals surface area (Å²) in [6.07, 6.45) is 2.03. The van der Waals surface area contributed by atoms with Crippen molar-refractivity contribution in [3.8, 4) is 0 Å². The summed E-state index contributed by atoms with van der Waals surface area (Å²) < 4.78 is 13.5. The van der Waals surface area contributed by atoms with E-state index in [1.165, 1.54) is 0 Å². The highest BCUT2D eigenvalue weighted by atomic mass is 19.1. The molecule has 2 heteroatoms. The van der Waals surface area contributed by atoms with Crippen molar-refractivity contribution < 1.29 is 4.39 Å². The van der Waals surface area contributed by atoms with Crippen LogP contribution in [-0.4, -0.2) is 5.54 Å². The lowest BCUT2D eigenvalue weighted by Gasteiger charge is -2.25. The summed E-state index contributed by atoms with van der Waals surface area (Å²) in [4.78, 5) is 0. The first kappa shape index (κ1) is 8.30. The molecule has 1 aliphatic heterocycles. The Morgan fingerprint density at radius 3 is 2.69 bits per heavy atom. The van der Waals surface area contributed by atoms with Gasteiger partial charge in [-0.25, -0.2) is 0 Å². The fourth-order valence-corrected chi connectivity index (χ4v) is 1.60. The lowest BCUT2D eigenvalue weighted by Crippen LogP contribution is -2.46. The van der Waals surface area contributed by atoms with Gasteiger partial charge in [0.05, 0.1) is 5.54 Å². The minimum Gasteiger partial charge on any atom is -0.353 e.